The first-order chi connectivity index (χ1) is 18.6. The van der Waals surface area contributed by atoms with E-state index in [4.69, 9.17) is 0 Å². The van der Waals surface area contributed by atoms with Crippen molar-refractivity contribution < 1.29 is 4.79 Å². The van der Waals surface area contributed by atoms with E-state index in [9.17, 15) is 4.79 Å². The number of H-pyrrole nitrogens is 1. The number of fused-ring (bicyclic) bond motifs is 2. The van der Waals surface area contributed by atoms with Crippen molar-refractivity contribution in [3.8, 4) is 0 Å². The number of carbonyl (C=O) groups is 1. The molecule has 2 N–H and O–H groups in total. The lowest BCUT2D eigenvalue weighted by Gasteiger charge is -2.09. The molecule has 0 fully saturated rings. The fourth-order valence-corrected chi connectivity index (χ4v) is 4.71. The number of benzene rings is 3. The standard InChI is InChI=1S/C29H23N7OS/c1-19-17-27(31-22-14-12-21(13-15-22)25(37)16-11-20-7-3-2-4-8-20)36-28(30-19)34-29(35-36)38-18-26-32-23-9-5-6-10-24(23)33-26/h2-17,31H,18H2,1H3,(H,32,33)/b16-11+. The third kappa shape index (κ3) is 5.18. The molecule has 0 spiro atoms. The smallest absolute Gasteiger partial charge is 0.255 e. The highest BCUT2D eigenvalue weighted by Crippen LogP contribution is 2.24. The van der Waals surface area contributed by atoms with E-state index in [-0.39, 0.29) is 5.78 Å². The van der Waals surface area contributed by atoms with E-state index in [0.29, 0.717) is 22.3 Å². The number of thioether (sulfide) groups is 1. The summed E-state index contributed by atoms with van der Waals surface area (Å²) in [6.07, 6.45) is 3.41. The number of ketones is 1. The fraction of sp³-hybridized carbons (Fsp3) is 0.0690. The Morgan fingerprint density at radius 1 is 0.974 bits per heavy atom. The van der Waals surface area contributed by atoms with Gasteiger partial charge in [0.05, 0.1) is 16.8 Å². The summed E-state index contributed by atoms with van der Waals surface area (Å²) in [5, 5.41) is 8.65. The van der Waals surface area contributed by atoms with Gasteiger partial charge in [-0.2, -0.15) is 9.50 Å². The SMILES string of the molecule is Cc1cc(Nc2ccc(C(=O)/C=C/c3ccccc3)cc2)n2nc(SCc3nc4ccccc4[nH]3)nc2n1. The van der Waals surface area contributed by atoms with Crippen molar-refractivity contribution in [3.05, 3.63) is 114 Å². The average Bonchev–Trinajstić information content (AvgIpc) is 3.55. The quantitative estimate of drug-likeness (QED) is 0.140. The normalized spacial score (nSPS) is 11.5. The number of anilines is 2. The Morgan fingerprint density at radius 3 is 2.58 bits per heavy atom. The van der Waals surface area contributed by atoms with E-state index in [1.165, 1.54) is 11.8 Å². The molecule has 0 aliphatic rings. The van der Waals surface area contributed by atoms with Gasteiger partial charge in [0.1, 0.15) is 11.6 Å². The van der Waals surface area contributed by atoms with Crippen LogP contribution in [0.1, 0.15) is 27.4 Å². The van der Waals surface area contributed by atoms with Crippen LogP contribution in [0.5, 0.6) is 0 Å². The van der Waals surface area contributed by atoms with Crippen LogP contribution in [0, 0.1) is 6.92 Å². The van der Waals surface area contributed by atoms with Crippen molar-refractivity contribution >= 4 is 51.9 Å². The summed E-state index contributed by atoms with van der Waals surface area (Å²) < 4.78 is 1.69. The molecule has 9 heteroatoms. The molecule has 186 valence electrons. The van der Waals surface area contributed by atoms with Crippen LogP contribution in [0.15, 0.2) is 96.2 Å². The second-order valence-corrected chi connectivity index (χ2v) is 9.63. The number of nitrogens with one attached hydrogen (secondary N) is 2. The van der Waals surface area contributed by atoms with Crippen LogP contribution in [-0.4, -0.2) is 35.3 Å². The molecular formula is C29H23N7OS. The van der Waals surface area contributed by atoms with Crippen LogP contribution in [0.4, 0.5) is 11.5 Å². The van der Waals surface area contributed by atoms with Gasteiger partial charge in [-0.25, -0.2) is 9.97 Å². The minimum atomic E-state index is -0.0510. The summed E-state index contributed by atoms with van der Waals surface area (Å²) in [5.41, 5.74) is 5.19. The molecule has 0 saturated heterocycles. The van der Waals surface area contributed by atoms with Gasteiger partial charge >= 0.3 is 0 Å². The van der Waals surface area contributed by atoms with Crippen LogP contribution in [-0.2, 0) is 5.75 Å². The topological polar surface area (TPSA) is 101 Å². The number of rotatable bonds is 8. The molecule has 0 aliphatic carbocycles. The second kappa shape index (κ2) is 10.3. The van der Waals surface area contributed by atoms with Gasteiger partial charge in [0.15, 0.2) is 5.78 Å². The number of aromatic nitrogens is 6. The minimum absolute atomic E-state index is 0.0510. The van der Waals surface area contributed by atoms with Crippen LogP contribution < -0.4 is 5.32 Å². The number of hydrogen-bond acceptors (Lipinski definition) is 7. The maximum atomic E-state index is 12.6. The molecule has 0 bridgehead atoms. The minimum Gasteiger partial charge on any atom is -0.341 e. The molecule has 0 unspecified atom stereocenters. The van der Waals surface area contributed by atoms with Crippen LogP contribution in [0.25, 0.3) is 22.9 Å². The summed E-state index contributed by atoms with van der Waals surface area (Å²) in [7, 11) is 0. The number of aromatic amines is 1. The van der Waals surface area contributed by atoms with Crippen LogP contribution in [0.2, 0.25) is 0 Å². The molecule has 3 heterocycles. The Balaban J connectivity index is 1.17. The molecule has 38 heavy (non-hydrogen) atoms. The van der Waals surface area contributed by atoms with Gasteiger partial charge in [-0.15, -0.1) is 5.10 Å². The first-order valence-corrected chi connectivity index (χ1v) is 13.0. The predicted molar refractivity (Wildman–Crippen MR) is 151 cm³/mol. The van der Waals surface area contributed by atoms with Crippen LogP contribution in [0.3, 0.4) is 0 Å². The highest BCUT2D eigenvalue weighted by atomic mass is 32.2. The lowest BCUT2D eigenvalue weighted by molar-refractivity contribution is 0.104. The van der Waals surface area contributed by atoms with Crippen molar-refractivity contribution in [1.29, 1.82) is 0 Å². The first kappa shape index (κ1) is 23.6. The molecule has 0 amide bonds. The van der Waals surface area contributed by atoms with Gasteiger partial charge in [0, 0.05) is 23.0 Å². The Morgan fingerprint density at radius 2 is 1.76 bits per heavy atom. The molecule has 0 atom stereocenters. The predicted octanol–water partition coefficient (Wildman–Crippen LogP) is 6.24. The zero-order chi connectivity index (χ0) is 25.9. The highest BCUT2D eigenvalue weighted by molar-refractivity contribution is 7.98. The van der Waals surface area contributed by atoms with Crippen LogP contribution >= 0.6 is 11.8 Å². The summed E-state index contributed by atoms with van der Waals surface area (Å²) >= 11 is 1.49. The number of hydrogen-bond donors (Lipinski definition) is 2. The molecular weight excluding hydrogens is 494 g/mol. The Hall–Kier alpha value is -4.76. The molecule has 0 saturated carbocycles. The van der Waals surface area contributed by atoms with Gasteiger partial charge in [0.2, 0.25) is 5.16 Å². The molecule has 3 aromatic carbocycles. The van der Waals surface area contributed by atoms with Gasteiger partial charge in [-0.1, -0.05) is 60.3 Å². The lowest BCUT2D eigenvalue weighted by atomic mass is 10.1. The Kier molecular flexibility index (Phi) is 6.41. The van der Waals surface area contributed by atoms with E-state index < -0.39 is 0 Å². The number of carbonyl (C=O) groups excluding carboxylic acids is 1. The van der Waals surface area contributed by atoms with E-state index in [1.807, 2.05) is 85.8 Å². The highest BCUT2D eigenvalue weighted by Gasteiger charge is 2.12. The lowest BCUT2D eigenvalue weighted by Crippen LogP contribution is -2.03. The van der Waals surface area contributed by atoms with E-state index in [1.54, 1.807) is 22.7 Å². The van der Waals surface area contributed by atoms with Gasteiger partial charge in [0.25, 0.3) is 5.78 Å². The van der Waals surface area contributed by atoms with Gasteiger partial charge in [-0.05, 0) is 55.0 Å². The number of aryl methyl sites for hydroxylation is 1. The first-order valence-electron chi connectivity index (χ1n) is 12.1. The van der Waals surface area contributed by atoms with Gasteiger partial charge in [-0.3, -0.25) is 4.79 Å². The third-order valence-electron chi connectivity index (χ3n) is 5.87. The summed E-state index contributed by atoms with van der Waals surface area (Å²) in [6.45, 7) is 1.92. The maximum Gasteiger partial charge on any atom is 0.255 e. The summed E-state index contributed by atoms with van der Waals surface area (Å²) in [6, 6.07) is 27.0. The monoisotopic (exact) mass is 517 g/mol. The van der Waals surface area contributed by atoms with Crippen molar-refractivity contribution in [2.45, 2.75) is 17.8 Å². The molecule has 6 rings (SSSR count). The Bertz CT molecular complexity index is 1740. The average molecular weight is 518 g/mol. The molecule has 0 radical (unpaired) electrons. The number of para-hydroxylation sites is 2. The third-order valence-corrected chi connectivity index (χ3v) is 6.71. The van der Waals surface area contributed by atoms with E-state index in [2.05, 4.69) is 30.4 Å². The number of imidazole rings is 1. The summed E-state index contributed by atoms with van der Waals surface area (Å²) in [4.78, 5) is 29.7. The van der Waals surface area contributed by atoms with Crippen molar-refractivity contribution in [1.82, 2.24) is 29.5 Å². The van der Waals surface area contributed by atoms with Crippen molar-refractivity contribution in [2.24, 2.45) is 0 Å². The Labute approximate surface area is 222 Å². The zero-order valence-corrected chi connectivity index (χ0v) is 21.3. The fourth-order valence-electron chi connectivity index (χ4n) is 4.02. The van der Waals surface area contributed by atoms with E-state index in [0.717, 1.165) is 39.6 Å². The number of nitrogens with zero attached hydrogens (tertiary/aromatic N) is 5. The van der Waals surface area contributed by atoms with E-state index >= 15 is 0 Å². The summed E-state index contributed by atoms with van der Waals surface area (Å²) in [5.74, 6) is 2.67. The second-order valence-electron chi connectivity index (χ2n) is 8.69. The molecule has 8 nitrogen and oxygen atoms in total. The van der Waals surface area contributed by atoms with Gasteiger partial charge < -0.3 is 10.3 Å². The van der Waals surface area contributed by atoms with Crippen molar-refractivity contribution in [2.75, 3.05) is 5.32 Å². The van der Waals surface area contributed by atoms with Crippen molar-refractivity contribution in [3.63, 3.8) is 0 Å². The zero-order valence-electron chi connectivity index (χ0n) is 20.5. The molecule has 6 aromatic rings. The molecule has 3 aromatic heterocycles. The maximum absolute atomic E-state index is 12.6. The molecule has 0 aliphatic heterocycles. The largest absolute Gasteiger partial charge is 0.341 e. The number of allylic oxidation sites excluding steroid dienone is 1.